The first-order valence-corrected chi connectivity index (χ1v) is 11.1. The summed E-state index contributed by atoms with van der Waals surface area (Å²) in [5.74, 6) is -1.44. The maximum Gasteiger partial charge on any atom is 0.373 e. The number of carbonyl (C=O) groups is 2. The number of hydrogen-bond donors (Lipinski definition) is 0. The number of carbonyl (C=O) groups excluding carboxylic acids is 2. The van der Waals surface area contributed by atoms with Gasteiger partial charge in [-0.2, -0.15) is 0 Å². The Morgan fingerprint density at radius 2 is 1.04 bits per heavy atom. The molecule has 0 N–H and O–H groups in total. The van der Waals surface area contributed by atoms with Gasteiger partial charge in [-0.25, -0.2) is 4.79 Å². The predicted molar refractivity (Wildman–Crippen MR) is 111 cm³/mol. The van der Waals surface area contributed by atoms with E-state index in [1.807, 2.05) is 0 Å². The minimum atomic E-state index is -0.647. The lowest BCUT2D eigenvalue weighted by Crippen LogP contribution is -2.12. The molecule has 0 saturated heterocycles. The normalized spacial score (nSPS) is 10.6. The highest BCUT2D eigenvalue weighted by atomic mass is 16.6. The second-order valence-electron chi connectivity index (χ2n) is 7.46. The van der Waals surface area contributed by atoms with Crippen molar-refractivity contribution in [1.82, 2.24) is 0 Å². The summed E-state index contributed by atoms with van der Waals surface area (Å²) < 4.78 is 9.60. The summed E-state index contributed by atoms with van der Waals surface area (Å²) >= 11 is 0. The van der Waals surface area contributed by atoms with Crippen LogP contribution in [-0.2, 0) is 19.1 Å². The van der Waals surface area contributed by atoms with Gasteiger partial charge in [0.05, 0.1) is 6.61 Å². The Bertz CT molecular complexity index is 390. The summed E-state index contributed by atoms with van der Waals surface area (Å²) in [5, 5.41) is 0. The average molecular weight is 383 g/mol. The molecule has 0 aliphatic rings. The van der Waals surface area contributed by atoms with E-state index in [0.717, 1.165) is 12.8 Å². The Morgan fingerprint density at radius 3 is 1.41 bits per heavy atom. The van der Waals surface area contributed by atoms with Gasteiger partial charge in [-0.1, -0.05) is 103 Å². The molecular formula is C23H42O4. The van der Waals surface area contributed by atoms with E-state index in [-0.39, 0.29) is 5.76 Å². The summed E-state index contributed by atoms with van der Waals surface area (Å²) in [5.41, 5.74) is 0. The molecule has 27 heavy (non-hydrogen) atoms. The number of ether oxygens (including phenoxy) is 2. The summed E-state index contributed by atoms with van der Waals surface area (Å²) in [6.07, 6.45) is 21.0. The molecule has 0 aromatic heterocycles. The summed E-state index contributed by atoms with van der Waals surface area (Å²) in [6.45, 7) is 7.23. The molecule has 0 rings (SSSR count). The van der Waals surface area contributed by atoms with E-state index in [1.165, 1.54) is 96.8 Å². The van der Waals surface area contributed by atoms with Crippen molar-refractivity contribution in [3.63, 3.8) is 0 Å². The lowest BCUT2D eigenvalue weighted by Gasteiger charge is -2.06. The van der Waals surface area contributed by atoms with Gasteiger partial charge in [-0.05, 0) is 13.0 Å². The smallest absolute Gasteiger partial charge is 0.373 e. The van der Waals surface area contributed by atoms with Crippen molar-refractivity contribution in [2.45, 2.75) is 117 Å². The first-order valence-electron chi connectivity index (χ1n) is 11.1. The van der Waals surface area contributed by atoms with Crippen molar-refractivity contribution < 1.29 is 19.1 Å². The van der Waals surface area contributed by atoms with E-state index in [2.05, 4.69) is 18.2 Å². The molecule has 0 radical (unpaired) electrons. The van der Waals surface area contributed by atoms with Gasteiger partial charge >= 0.3 is 11.9 Å². The SMILES string of the molecule is C=C(OC(C)=O)C(=O)OCCCCCCCCCCCCCCCCCC. The molecule has 0 fully saturated rings. The van der Waals surface area contributed by atoms with Gasteiger partial charge in [-0.15, -0.1) is 0 Å². The van der Waals surface area contributed by atoms with Crippen molar-refractivity contribution in [1.29, 1.82) is 0 Å². The molecule has 0 heterocycles. The molecule has 0 saturated carbocycles. The molecule has 0 aromatic carbocycles. The Kier molecular flexibility index (Phi) is 18.5. The van der Waals surface area contributed by atoms with Crippen LogP contribution < -0.4 is 0 Å². The first-order chi connectivity index (χ1) is 13.1. The van der Waals surface area contributed by atoms with Crippen LogP contribution in [-0.4, -0.2) is 18.5 Å². The van der Waals surface area contributed by atoms with Crippen LogP contribution in [0.3, 0.4) is 0 Å². The lowest BCUT2D eigenvalue weighted by molar-refractivity contribution is -0.150. The number of unbranched alkanes of at least 4 members (excludes halogenated alkanes) is 15. The summed E-state index contributed by atoms with van der Waals surface area (Å²) in [7, 11) is 0. The van der Waals surface area contributed by atoms with Crippen LogP contribution >= 0.6 is 0 Å². The third kappa shape index (κ3) is 19.3. The van der Waals surface area contributed by atoms with Gasteiger partial charge in [0.15, 0.2) is 0 Å². The molecule has 0 spiro atoms. The van der Waals surface area contributed by atoms with Crippen molar-refractivity contribution in [3.05, 3.63) is 12.3 Å². The highest BCUT2D eigenvalue weighted by molar-refractivity contribution is 5.88. The monoisotopic (exact) mass is 382 g/mol. The second kappa shape index (κ2) is 19.4. The molecule has 4 heteroatoms. The van der Waals surface area contributed by atoms with Crippen LogP contribution in [0.15, 0.2) is 12.3 Å². The number of hydrogen-bond acceptors (Lipinski definition) is 4. The molecule has 0 atom stereocenters. The molecule has 0 aromatic rings. The molecule has 0 amide bonds. The standard InChI is InChI=1S/C23H42O4/c1-4-5-6-7-8-9-10-11-12-13-14-15-16-17-18-19-20-26-23(25)21(2)27-22(3)24/h2,4-20H2,1,3H3. The summed E-state index contributed by atoms with van der Waals surface area (Å²) in [6, 6.07) is 0. The van der Waals surface area contributed by atoms with Crippen LogP contribution in [0.4, 0.5) is 0 Å². The predicted octanol–water partition coefficient (Wildman–Crippen LogP) is 6.87. The van der Waals surface area contributed by atoms with E-state index in [0.29, 0.717) is 6.61 Å². The van der Waals surface area contributed by atoms with E-state index in [9.17, 15) is 9.59 Å². The maximum absolute atomic E-state index is 11.4. The highest BCUT2D eigenvalue weighted by Gasteiger charge is 2.11. The van der Waals surface area contributed by atoms with Crippen molar-refractivity contribution in [3.8, 4) is 0 Å². The molecule has 0 aliphatic carbocycles. The van der Waals surface area contributed by atoms with Gasteiger partial charge in [0.1, 0.15) is 0 Å². The average Bonchev–Trinajstić information content (AvgIpc) is 2.63. The number of rotatable bonds is 19. The minimum Gasteiger partial charge on any atom is -0.460 e. The zero-order chi connectivity index (χ0) is 20.2. The Hall–Kier alpha value is -1.32. The summed E-state index contributed by atoms with van der Waals surface area (Å²) in [4.78, 5) is 22.1. The lowest BCUT2D eigenvalue weighted by atomic mass is 10.0. The third-order valence-electron chi connectivity index (χ3n) is 4.73. The topological polar surface area (TPSA) is 52.6 Å². The minimum absolute atomic E-state index is 0.237. The quantitative estimate of drug-likeness (QED) is 0.106. The van der Waals surface area contributed by atoms with Gasteiger partial charge in [0, 0.05) is 6.92 Å². The fraction of sp³-hybridized carbons (Fsp3) is 0.826. The van der Waals surface area contributed by atoms with Gasteiger partial charge < -0.3 is 9.47 Å². The van der Waals surface area contributed by atoms with Crippen LogP contribution in [0.25, 0.3) is 0 Å². The Morgan fingerprint density at radius 1 is 0.667 bits per heavy atom. The van der Waals surface area contributed by atoms with Crippen LogP contribution in [0.1, 0.15) is 117 Å². The van der Waals surface area contributed by atoms with Crippen LogP contribution in [0, 0.1) is 0 Å². The maximum atomic E-state index is 11.4. The third-order valence-corrected chi connectivity index (χ3v) is 4.73. The number of esters is 2. The first kappa shape index (κ1) is 25.7. The van der Waals surface area contributed by atoms with Gasteiger partial charge in [0.25, 0.3) is 0 Å². The second-order valence-corrected chi connectivity index (χ2v) is 7.46. The molecule has 0 bridgehead atoms. The van der Waals surface area contributed by atoms with Crippen molar-refractivity contribution >= 4 is 11.9 Å². The zero-order valence-electron chi connectivity index (χ0n) is 17.9. The fourth-order valence-corrected chi connectivity index (χ4v) is 3.11. The van der Waals surface area contributed by atoms with E-state index in [1.54, 1.807) is 0 Å². The molecular weight excluding hydrogens is 340 g/mol. The molecule has 0 aliphatic heterocycles. The van der Waals surface area contributed by atoms with Crippen LogP contribution in [0.5, 0.6) is 0 Å². The Balaban J connectivity index is 3.20. The van der Waals surface area contributed by atoms with Gasteiger partial charge in [0.2, 0.25) is 5.76 Å². The van der Waals surface area contributed by atoms with Crippen LogP contribution in [0.2, 0.25) is 0 Å². The fourth-order valence-electron chi connectivity index (χ4n) is 3.11. The molecule has 158 valence electrons. The van der Waals surface area contributed by atoms with Gasteiger partial charge in [-0.3, -0.25) is 4.79 Å². The van der Waals surface area contributed by atoms with E-state index in [4.69, 9.17) is 4.74 Å². The van der Waals surface area contributed by atoms with Crippen molar-refractivity contribution in [2.75, 3.05) is 6.61 Å². The Labute approximate surface area is 167 Å². The van der Waals surface area contributed by atoms with E-state index >= 15 is 0 Å². The zero-order valence-corrected chi connectivity index (χ0v) is 17.9. The molecule has 4 nitrogen and oxygen atoms in total. The van der Waals surface area contributed by atoms with E-state index < -0.39 is 11.9 Å². The molecule has 0 unspecified atom stereocenters. The van der Waals surface area contributed by atoms with Crippen molar-refractivity contribution in [2.24, 2.45) is 0 Å². The largest absolute Gasteiger partial charge is 0.460 e. The highest BCUT2D eigenvalue weighted by Crippen LogP contribution is 2.13.